The summed E-state index contributed by atoms with van der Waals surface area (Å²) in [5.74, 6) is 0.483. The van der Waals surface area contributed by atoms with E-state index in [1.165, 1.54) is 11.1 Å². The highest BCUT2D eigenvalue weighted by Crippen LogP contribution is 2.16. The normalized spacial score (nSPS) is 9.80. The van der Waals surface area contributed by atoms with Gasteiger partial charge in [0, 0.05) is 19.0 Å². The molecule has 0 aliphatic rings. The van der Waals surface area contributed by atoms with Gasteiger partial charge in [0.1, 0.15) is 0 Å². The molecule has 0 aliphatic heterocycles. The molecule has 86 valence electrons. The van der Waals surface area contributed by atoms with Crippen LogP contribution in [0.2, 0.25) is 0 Å². The van der Waals surface area contributed by atoms with Gasteiger partial charge in [-0.1, -0.05) is 27.7 Å². The van der Waals surface area contributed by atoms with Crippen molar-refractivity contribution in [1.82, 2.24) is 4.98 Å². The second-order valence-corrected chi connectivity index (χ2v) is 3.62. The number of methoxy groups -OCH3 is 1. The van der Waals surface area contributed by atoms with Crippen LogP contribution in [-0.4, -0.2) is 12.1 Å². The Kier molecular flexibility index (Phi) is 6.97. The molecule has 0 aromatic carbocycles. The van der Waals surface area contributed by atoms with Gasteiger partial charge in [-0.2, -0.15) is 0 Å². The largest absolute Gasteiger partial charge is 0.380 e. The molecule has 0 atom stereocenters. The zero-order valence-corrected chi connectivity index (χ0v) is 10.8. The molecule has 1 heterocycles. The number of aromatic nitrogens is 1. The lowest BCUT2D eigenvalue weighted by molar-refractivity contribution is 0.184. The Morgan fingerprint density at radius 2 is 1.93 bits per heavy atom. The van der Waals surface area contributed by atoms with Gasteiger partial charge in [0.15, 0.2) is 0 Å². The predicted octanol–water partition coefficient (Wildman–Crippen LogP) is 3.69. The molecule has 0 unspecified atom stereocenters. The molecule has 0 spiro atoms. The number of pyridine rings is 1. The van der Waals surface area contributed by atoms with Crippen LogP contribution in [0.25, 0.3) is 0 Å². The van der Waals surface area contributed by atoms with Gasteiger partial charge in [0.2, 0.25) is 0 Å². The molecule has 1 aromatic heterocycles. The summed E-state index contributed by atoms with van der Waals surface area (Å²) < 4.78 is 5.12. The van der Waals surface area contributed by atoms with Gasteiger partial charge in [-0.3, -0.25) is 4.98 Å². The van der Waals surface area contributed by atoms with E-state index in [1.54, 1.807) is 7.11 Å². The molecule has 0 saturated heterocycles. The van der Waals surface area contributed by atoms with E-state index in [0.29, 0.717) is 12.5 Å². The van der Waals surface area contributed by atoms with Crippen molar-refractivity contribution >= 4 is 0 Å². The van der Waals surface area contributed by atoms with Gasteiger partial charge in [0.05, 0.1) is 6.61 Å². The van der Waals surface area contributed by atoms with Crippen LogP contribution in [0.3, 0.4) is 0 Å². The van der Waals surface area contributed by atoms with E-state index >= 15 is 0 Å². The molecule has 2 nitrogen and oxygen atoms in total. The summed E-state index contributed by atoms with van der Waals surface area (Å²) in [5, 5.41) is 0. The highest BCUT2D eigenvalue weighted by atomic mass is 16.5. The van der Waals surface area contributed by atoms with Gasteiger partial charge in [0.25, 0.3) is 0 Å². The van der Waals surface area contributed by atoms with Crippen LogP contribution < -0.4 is 0 Å². The Morgan fingerprint density at radius 1 is 1.33 bits per heavy atom. The lowest BCUT2D eigenvalue weighted by Crippen LogP contribution is -1.98. The predicted molar refractivity (Wildman–Crippen MR) is 65.1 cm³/mol. The molecule has 0 N–H and O–H groups in total. The molecule has 0 fully saturated rings. The van der Waals surface area contributed by atoms with Crippen LogP contribution in [0.15, 0.2) is 12.3 Å². The van der Waals surface area contributed by atoms with Crippen molar-refractivity contribution in [2.24, 2.45) is 0 Å². The summed E-state index contributed by atoms with van der Waals surface area (Å²) in [6, 6.07) is 2.13. The first-order valence-electron chi connectivity index (χ1n) is 5.59. The number of nitrogens with zero attached hydrogens (tertiary/aromatic N) is 1. The molecule has 2 heteroatoms. The summed E-state index contributed by atoms with van der Waals surface area (Å²) in [6.45, 7) is 11.0. The number of hydrogen-bond donors (Lipinski definition) is 0. The second kappa shape index (κ2) is 7.41. The topological polar surface area (TPSA) is 22.1 Å². The quantitative estimate of drug-likeness (QED) is 0.757. The van der Waals surface area contributed by atoms with E-state index in [4.69, 9.17) is 4.74 Å². The van der Waals surface area contributed by atoms with Gasteiger partial charge in [-0.25, -0.2) is 0 Å². The fourth-order valence-corrected chi connectivity index (χ4v) is 1.21. The highest BCUT2D eigenvalue weighted by Gasteiger charge is 2.04. The highest BCUT2D eigenvalue weighted by molar-refractivity contribution is 5.26. The van der Waals surface area contributed by atoms with Gasteiger partial charge >= 0.3 is 0 Å². The first-order valence-corrected chi connectivity index (χ1v) is 5.59. The first-order chi connectivity index (χ1) is 7.15. The molecule has 0 radical (unpaired) electrons. The molecular weight excluding hydrogens is 186 g/mol. The fourth-order valence-electron chi connectivity index (χ4n) is 1.21. The van der Waals surface area contributed by atoms with Gasteiger partial charge < -0.3 is 4.74 Å². The monoisotopic (exact) mass is 209 g/mol. The Labute approximate surface area is 93.7 Å². The van der Waals surface area contributed by atoms with E-state index in [0.717, 1.165) is 5.69 Å². The number of rotatable bonds is 3. The second-order valence-electron chi connectivity index (χ2n) is 3.62. The summed E-state index contributed by atoms with van der Waals surface area (Å²) in [7, 11) is 1.72. The molecule has 0 aliphatic carbocycles. The summed E-state index contributed by atoms with van der Waals surface area (Å²) in [6.07, 6.45) is 1.92. The van der Waals surface area contributed by atoms with Crippen LogP contribution in [-0.2, 0) is 11.3 Å². The van der Waals surface area contributed by atoms with Crippen molar-refractivity contribution in [2.45, 2.75) is 47.1 Å². The molecule has 0 bridgehead atoms. The third kappa shape index (κ3) is 4.43. The average Bonchev–Trinajstić information content (AvgIpc) is 2.24. The Morgan fingerprint density at radius 3 is 2.40 bits per heavy atom. The van der Waals surface area contributed by atoms with Crippen molar-refractivity contribution in [1.29, 1.82) is 0 Å². The van der Waals surface area contributed by atoms with Crippen molar-refractivity contribution in [3.63, 3.8) is 0 Å². The van der Waals surface area contributed by atoms with Crippen LogP contribution in [0.4, 0.5) is 0 Å². The van der Waals surface area contributed by atoms with Crippen LogP contribution in [0.1, 0.15) is 50.4 Å². The fraction of sp³-hybridized carbons (Fsp3) is 0.615. The minimum Gasteiger partial charge on any atom is -0.380 e. The van der Waals surface area contributed by atoms with Crippen LogP contribution in [0.5, 0.6) is 0 Å². The van der Waals surface area contributed by atoms with Gasteiger partial charge in [-0.05, 0) is 30.0 Å². The van der Waals surface area contributed by atoms with E-state index in [2.05, 4.69) is 31.8 Å². The maximum Gasteiger partial charge on any atom is 0.0716 e. The van der Waals surface area contributed by atoms with E-state index < -0.39 is 0 Å². The van der Waals surface area contributed by atoms with E-state index in [1.807, 2.05) is 20.0 Å². The maximum atomic E-state index is 5.12. The zero-order chi connectivity index (χ0) is 11.8. The molecular formula is C13H23NO. The number of hydrogen-bond acceptors (Lipinski definition) is 2. The molecule has 1 rings (SSSR count). The summed E-state index contributed by atoms with van der Waals surface area (Å²) >= 11 is 0. The third-order valence-corrected chi connectivity index (χ3v) is 2.13. The van der Waals surface area contributed by atoms with Crippen molar-refractivity contribution in [3.05, 3.63) is 29.1 Å². The number of ether oxygens (including phenoxy) is 1. The Hall–Kier alpha value is -0.890. The van der Waals surface area contributed by atoms with E-state index in [9.17, 15) is 0 Å². The summed E-state index contributed by atoms with van der Waals surface area (Å²) in [4.78, 5) is 4.37. The summed E-state index contributed by atoms with van der Waals surface area (Å²) in [5.41, 5.74) is 3.57. The van der Waals surface area contributed by atoms with Crippen LogP contribution >= 0.6 is 0 Å². The molecule has 0 amide bonds. The molecule has 15 heavy (non-hydrogen) atoms. The van der Waals surface area contributed by atoms with Crippen molar-refractivity contribution < 1.29 is 4.74 Å². The smallest absolute Gasteiger partial charge is 0.0716 e. The average molecular weight is 209 g/mol. The number of aryl methyl sites for hydroxylation is 1. The lowest BCUT2D eigenvalue weighted by atomic mass is 10.1. The molecule has 1 aromatic rings. The third-order valence-electron chi connectivity index (χ3n) is 2.13. The van der Waals surface area contributed by atoms with Crippen LogP contribution in [0, 0.1) is 6.92 Å². The maximum absolute atomic E-state index is 5.12. The lowest BCUT2D eigenvalue weighted by Gasteiger charge is -2.09. The Bertz CT molecular complexity index is 282. The zero-order valence-electron chi connectivity index (χ0n) is 10.8. The minimum absolute atomic E-state index is 0.483. The van der Waals surface area contributed by atoms with Gasteiger partial charge in [-0.15, -0.1) is 0 Å². The van der Waals surface area contributed by atoms with Crippen molar-refractivity contribution in [3.8, 4) is 0 Å². The standard InChI is InChI=1S/C11H17NO.C2H6/c1-8(2)11-5-10(7-13-4)9(3)6-12-11;1-2/h5-6,8H,7H2,1-4H3;1-2H3. The first kappa shape index (κ1) is 14.1. The SMILES string of the molecule is CC.COCc1cc(C(C)C)ncc1C. The van der Waals surface area contributed by atoms with Crippen molar-refractivity contribution in [2.75, 3.05) is 7.11 Å². The van der Waals surface area contributed by atoms with E-state index in [-0.39, 0.29) is 0 Å². The Balaban J connectivity index is 0.000000921. The molecule has 0 saturated carbocycles. The minimum atomic E-state index is 0.483.